The lowest BCUT2D eigenvalue weighted by Crippen LogP contribution is -1.93. The molecule has 0 aromatic heterocycles. The molecule has 0 aliphatic rings. The van der Waals surface area contributed by atoms with Crippen LogP contribution in [0.4, 0.5) is 0 Å². The summed E-state index contributed by atoms with van der Waals surface area (Å²) in [5.41, 5.74) is 2.47. The Morgan fingerprint density at radius 3 is 2.75 bits per heavy atom. The van der Waals surface area contributed by atoms with Crippen LogP contribution in [0.2, 0.25) is 0 Å². The van der Waals surface area contributed by atoms with Gasteiger partial charge >= 0.3 is 0 Å². The largest absolute Gasteiger partial charge is 0.392 e. The maximum atomic E-state index is 8.95. The van der Waals surface area contributed by atoms with Crippen molar-refractivity contribution in [3.05, 3.63) is 32.4 Å². The van der Waals surface area contributed by atoms with E-state index in [1.165, 1.54) is 0 Å². The molecule has 1 aromatic carbocycles. The van der Waals surface area contributed by atoms with Crippen LogP contribution in [0.25, 0.3) is 0 Å². The summed E-state index contributed by atoms with van der Waals surface area (Å²) in [5.74, 6) is 0. The van der Waals surface area contributed by atoms with Gasteiger partial charge in [0.1, 0.15) is 6.07 Å². The monoisotopic (exact) mass is 273 g/mol. The molecule has 0 fully saturated rings. The van der Waals surface area contributed by atoms with Crippen LogP contribution in [0.15, 0.2) is 12.1 Å². The molecule has 0 spiro atoms. The third-order valence-corrected chi connectivity index (χ3v) is 2.86. The molecule has 0 unspecified atom stereocenters. The quantitative estimate of drug-likeness (QED) is 0.795. The number of nitrogens with zero attached hydrogens (tertiary/aromatic N) is 1. The maximum Gasteiger partial charge on any atom is 0.100 e. The van der Waals surface area contributed by atoms with Crippen molar-refractivity contribution in [3.8, 4) is 6.07 Å². The van der Waals surface area contributed by atoms with Crippen molar-refractivity contribution in [2.24, 2.45) is 0 Å². The van der Waals surface area contributed by atoms with E-state index in [2.05, 4.69) is 28.7 Å². The van der Waals surface area contributed by atoms with E-state index >= 15 is 0 Å². The summed E-state index contributed by atoms with van der Waals surface area (Å²) >= 11 is 2.08. The van der Waals surface area contributed by atoms with Crippen LogP contribution in [0.5, 0.6) is 0 Å². The number of aliphatic hydroxyl groups is 1. The van der Waals surface area contributed by atoms with Crippen molar-refractivity contribution < 1.29 is 5.11 Å². The summed E-state index contributed by atoms with van der Waals surface area (Å²) in [6.45, 7) is 1.91. The van der Waals surface area contributed by atoms with E-state index in [1.54, 1.807) is 0 Å². The van der Waals surface area contributed by atoms with Crippen molar-refractivity contribution in [2.45, 2.75) is 13.5 Å². The van der Waals surface area contributed by atoms with E-state index in [9.17, 15) is 0 Å². The molecule has 0 heterocycles. The number of aliphatic hydroxyl groups excluding tert-OH is 1. The molecule has 0 aliphatic heterocycles. The number of hydrogen-bond acceptors (Lipinski definition) is 2. The van der Waals surface area contributed by atoms with Gasteiger partial charge in [-0.05, 0) is 46.7 Å². The zero-order valence-electron chi connectivity index (χ0n) is 6.63. The minimum atomic E-state index is -0.00532. The zero-order chi connectivity index (χ0) is 9.14. The van der Waals surface area contributed by atoms with Crippen molar-refractivity contribution in [1.29, 1.82) is 5.26 Å². The van der Waals surface area contributed by atoms with Gasteiger partial charge in [0.25, 0.3) is 0 Å². The maximum absolute atomic E-state index is 8.95. The predicted molar refractivity (Wildman–Crippen MR) is 54.5 cm³/mol. The number of rotatable bonds is 1. The highest BCUT2D eigenvalue weighted by Crippen LogP contribution is 2.18. The van der Waals surface area contributed by atoms with Gasteiger partial charge in [0.2, 0.25) is 0 Å². The number of benzene rings is 1. The molecule has 0 saturated carbocycles. The molecule has 2 nitrogen and oxygen atoms in total. The second-order valence-electron chi connectivity index (χ2n) is 2.56. The highest BCUT2D eigenvalue weighted by atomic mass is 127. The zero-order valence-corrected chi connectivity index (χ0v) is 8.79. The number of halogens is 1. The first-order valence-electron chi connectivity index (χ1n) is 3.49. The van der Waals surface area contributed by atoms with Crippen molar-refractivity contribution >= 4 is 22.6 Å². The fraction of sp³-hybridized carbons (Fsp3) is 0.222. The number of hydrogen-bond donors (Lipinski definition) is 1. The lowest BCUT2D eigenvalue weighted by Gasteiger charge is -2.03. The summed E-state index contributed by atoms with van der Waals surface area (Å²) in [6.07, 6.45) is 0. The third-order valence-electron chi connectivity index (χ3n) is 1.58. The third kappa shape index (κ3) is 1.76. The first-order chi connectivity index (χ1) is 5.69. The van der Waals surface area contributed by atoms with Crippen LogP contribution in [0.1, 0.15) is 16.7 Å². The Bertz CT molecular complexity index is 341. The molecule has 3 heteroatoms. The lowest BCUT2D eigenvalue weighted by atomic mass is 10.1. The van der Waals surface area contributed by atoms with E-state index in [1.807, 2.05) is 19.1 Å². The van der Waals surface area contributed by atoms with Gasteiger partial charge in [-0.15, -0.1) is 0 Å². The van der Waals surface area contributed by atoms with Crippen LogP contribution >= 0.6 is 22.6 Å². The fourth-order valence-corrected chi connectivity index (χ4v) is 1.64. The number of nitriles is 1. The van der Waals surface area contributed by atoms with Gasteiger partial charge in [-0.3, -0.25) is 0 Å². The van der Waals surface area contributed by atoms with Gasteiger partial charge in [0, 0.05) is 3.57 Å². The summed E-state index contributed by atoms with van der Waals surface area (Å²) in [4.78, 5) is 0. The molecule has 0 bridgehead atoms. The van der Waals surface area contributed by atoms with Crippen molar-refractivity contribution in [3.63, 3.8) is 0 Å². The number of aryl methyl sites for hydroxylation is 1. The van der Waals surface area contributed by atoms with E-state index in [-0.39, 0.29) is 6.61 Å². The molecule has 12 heavy (non-hydrogen) atoms. The molecule has 0 aliphatic carbocycles. The minimum absolute atomic E-state index is 0.00532. The van der Waals surface area contributed by atoms with Gasteiger partial charge in [0.05, 0.1) is 12.2 Å². The molecular weight excluding hydrogens is 265 g/mol. The Balaban J connectivity index is 3.34. The molecule has 62 valence electrons. The Kier molecular flexibility index (Phi) is 3.06. The highest BCUT2D eigenvalue weighted by molar-refractivity contribution is 14.1. The molecule has 0 atom stereocenters. The summed E-state index contributed by atoms with van der Waals surface area (Å²) in [6, 6.07) is 5.80. The average molecular weight is 273 g/mol. The normalized spacial score (nSPS) is 9.50. The summed E-state index contributed by atoms with van der Waals surface area (Å²) in [5, 5.41) is 17.7. The van der Waals surface area contributed by atoms with E-state index in [0.717, 1.165) is 14.7 Å². The Morgan fingerprint density at radius 2 is 2.25 bits per heavy atom. The van der Waals surface area contributed by atoms with Crippen LogP contribution in [0, 0.1) is 21.8 Å². The topological polar surface area (TPSA) is 44.0 Å². The molecule has 0 amide bonds. The lowest BCUT2D eigenvalue weighted by molar-refractivity contribution is 0.281. The summed E-state index contributed by atoms with van der Waals surface area (Å²) in [7, 11) is 0. The Hall–Kier alpha value is -0.600. The van der Waals surface area contributed by atoms with Crippen molar-refractivity contribution in [2.75, 3.05) is 0 Å². The molecule has 0 saturated heterocycles. The molecule has 0 radical (unpaired) electrons. The fourth-order valence-electron chi connectivity index (χ4n) is 1.04. The smallest absolute Gasteiger partial charge is 0.100 e. The van der Waals surface area contributed by atoms with E-state index in [0.29, 0.717) is 5.56 Å². The van der Waals surface area contributed by atoms with Gasteiger partial charge in [-0.1, -0.05) is 6.07 Å². The van der Waals surface area contributed by atoms with Gasteiger partial charge in [0.15, 0.2) is 0 Å². The van der Waals surface area contributed by atoms with Crippen LogP contribution in [0.3, 0.4) is 0 Å². The second kappa shape index (κ2) is 3.87. The standard InChI is InChI=1S/C9H8INO/c1-6-2-7(4-11)9(10)8(3-6)5-12/h2-3,12H,5H2,1H3. The predicted octanol–water partition coefficient (Wildman–Crippen LogP) is 1.96. The average Bonchev–Trinajstić information content (AvgIpc) is 2.08. The SMILES string of the molecule is Cc1cc(C#N)c(I)c(CO)c1. The Morgan fingerprint density at radius 1 is 1.58 bits per heavy atom. The minimum Gasteiger partial charge on any atom is -0.392 e. The summed E-state index contributed by atoms with van der Waals surface area (Å²) < 4.78 is 0.850. The van der Waals surface area contributed by atoms with Gasteiger partial charge in [-0.2, -0.15) is 5.26 Å². The first kappa shape index (κ1) is 9.49. The van der Waals surface area contributed by atoms with Crippen molar-refractivity contribution in [1.82, 2.24) is 0 Å². The van der Waals surface area contributed by atoms with Gasteiger partial charge in [-0.25, -0.2) is 0 Å². The molecule has 1 aromatic rings. The van der Waals surface area contributed by atoms with Crippen LogP contribution in [-0.4, -0.2) is 5.11 Å². The second-order valence-corrected chi connectivity index (χ2v) is 3.63. The van der Waals surface area contributed by atoms with Gasteiger partial charge < -0.3 is 5.11 Å². The van der Waals surface area contributed by atoms with Crippen LogP contribution in [-0.2, 0) is 6.61 Å². The van der Waals surface area contributed by atoms with Crippen LogP contribution < -0.4 is 0 Å². The van der Waals surface area contributed by atoms with E-state index < -0.39 is 0 Å². The Labute approximate surface area is 85.0 Å². The van der Waals surface area contributed by atoms with E-state index in [4.69, 9.17) is 10.4 Å². The first-order valence-corrected chi connectivity index (χ1v) is 4.57. The highest BCUT2D eigenvalue weighted by Gasteiger charge is 2.04. The molecular formula is C9H8INO. The molecule has 1 rings (SSSR count). The molecule has 1 N–H and O–H groups in total.